The molecule has 0 spiro atoms. The summed E-state index contributed by atoms with van der Waals surface area (Å²) in [6, 6.07) is 7.65. The van der Waals surface area contributed by atoms with E-state index in [-0.39, 0.29) is 0 Å². The van der Waals surface area contributed by atoms with Crippen LogP contribution in [0.1, 0.15) is 12.5 Å². The molecule has 0 unspecified atom stereocenters. The van der Waals surface area contributed by atoms with Crippen molar-refractivity contribution in [1.82, 2.24) is 5.01 Å². The van der Waals surface area contributed by atoms with Crippen molar-refractivity contribution >= 4 is 39.5 Å². The van der Waals surface area contributed by atoms with E-state index in [2.05, 4.69) is 26.0 Å². The Morgan fingerprint density at radius 3 is 2.80 bits per heavy atom. The minimum Gasteiger partial charge on any atom is -0.496 e. The topological polar surface area (TPSA) is 37.2 Å². The Morgan fingerprint density at radius 2 is 2.15 bits per heavy atom. The number of allylic oxidation sites excluding steroid dienone is 1. The second kappa shape index (κ2) is 6.72. The summed E-state index contributed by atoms with van der Waals surface area (Å²) in [4.78, 5) is 6.20. The molecule has 2 rings (SSSR count). The van der Waals surface area contributed by atoms with Crippen LogP contribution in [0, 0.1) is 0 Å². The zero-order chi connectivity index (χ0) is 14.5. The monoisotopic (exact) mass is 353 g/mol. The first-order valence-electron chi connectivity index (χ1n) is 5.89. The quantitative estimate of drug-likeness (QED) is 0.606. The van der Waals surface area contributed by atoms with Crippen molar-refractivity contribution in [2.24, 2.45) is 10.1 Å². The Bertz CT molecular complexity index is 623. The second-order valence-electron chi connectivity index (χ2n) is 3.82. The number of hydrazone groups is 1. The summed E-state index contributed by atoms with van der Waals surface area (Å²) in [6.07, 6.45) is 3.41. The van der Waals surface area contributed by atoms with E-state index in [9.17, 15) is 0 Å². The number of halogens is 2. The van der Waals surface area contributed by atoms with Gasteiger partial charge in [0.15, 0.2) is 5.82 Å². The lowest BCUT2D eigenvalue weighted by Crippen LogP contribution is -2.19. The average Bonchev–Trinajstić information content (AvgIpc) is 2.49. The number of ether oxygens (including phenoxy) is 1. The Balaban J connectivity index is 2.49. The summed E-state index contributed by atoms with van der Waals surface area (Å²) >= 11 is 9.55. The molecule has 1 aromatic carbocycles. The molecule has 0 bridgehead atoms. The van der Waals surface area contributed by atoms with Gasteiger partial charge in [-0.2, -0.15) is 5.10 Å². The lowest BCUT2D eigenvalue weighted by molar-refractivity contribution is 0.414. The third-order valence-electron chi connectivity index (χ3n) is 2.62. The zero-order valence-electron chi connectivity index (χ0n) is 11.0. The van der Waals surface area contributed by atoms with E-state index in [4.69, 9.17) is 16.3 Å². The molecule has 0 saturated heterocycles. The zero-order valence-corrected chi connectivity index (χ0v) is 13.4. The summed E-state index contributed by atoms with van der Waals surface area (Å²) in [5.41, 5.74) is 1.60. The van der Waals surface area contributed by atoms with Gasteiger partial charge in [0.05, 0.1) is 12.8 Å². The van der Waals surface area contributed by atoms with Crippen LogP contribution in [0.2, 0.25) is 0 Å². The van der Waals surface area contributed by atoms with Gasteiger partial charge in [0.1, 0.15) is 10.9 Å². The van der Waals surface area contributed by atoms with Gasteiger partial charge in [-0.15, -0.1) is 0 Å². The van der Waals surface area contributed by atoms with Gasteiger partial charge >= 0.3 is 0 Å². The number of para-hydroxylation sites is 1. The molecule has 4 nitrogen and oxygen atoms in total. The second-order valence-corrected chi connectivity index (χ2v) is 4.66. The summed E-state index contributed by atoms with van der Waals surface area (Å²) in [5, 5.41) is 6.16. The van der Waals surface area contributed by atoms with Gasteiger partial charge in [0, 0.05) is 22.8 Å². The van der Waals surface area contributed by atoms with E-state index in [1.807, 2.05) is 31.2 Å². The molecule has 1 aliphatic rings. The summed E-state index contributed by atoms with van der Waals surface area (Å²) in [6.45, 7) is 1.81. The molecule has 20 heavy (non-hydrogen) atoms. The predicted molar refractivity (Wildman–Crippen MR) is 86.5 cm³/mol. The highest BCUT2D eigenvalue weighted by Crippen LogP contribution is 2.28. The van der Waals surface area contributed by atoms with Crippen molar-refractivity contribution in [3.63, 3.8) is 0 Å². The van der Waals surface area contributed by atoms with Crippen molar-refractivity contribution in [2.75, 3.05) is 7.11 Å². The summed E-state index contributed by atoms with van der Waals surface area (Å²) in [5.74, 6) is 1.34. The van der Waals surface area contributed by atoms with Crippen LogP contribution in [0.4, 0.5) is 0 Å². The first-order valence-corrected chi connectivity index (χ1v) is 7.19. The lowest BCUT2D eigenvalue weighted by atomic mass is 10.1. The van der Waals surface area contributed by atoms with E-state index in [0.717, 1.165) is 17.0 Å². The van der Waals surface area contributed by atoms with E-state index >= 15 is 0 Å². The van der Waals surface area contributed by atoms with Crippen LogP contribution in [0.15, 0.2) is 56.4 Å². The highest BCUT2D eigenvalue weighted by molar-refractivity contribution is 9.11. The third kappa shape index (κ3) is 2.94. The van der Waals surface area contributed by atoms with Crippen molar-refractivity contribution in [2.45, 2.75) is 6.92 Å². The molecule has 1 aromatic rings. The SMILES string of the molecule is C/C=N\N1C(Cl)=CC(c2ccccc2OC)=N/C1=C\Br. The molecule has 1 heterocycles. The minimum absolute atomic E-state index is 0.463. The van der Waals surface area contributed by atoms with Crippen molar-refractivity contribution < 1.29 is 4.74 Å². The number of benzene rings is 1. The molecular formula is C14H13BrClN3O. The van der Waals surface area contributed by atoms with Gasteiger partial charge in [-0.05, 0) is 19.1 Å². The standard InChI is InChI=1S/C14H13BrClN3O/c1-3-17-19-13(16)8-11(18-14(19)9-15)10-6-4-5-7-12(10)20-2/h3-9H,1-2H3/b14-9+,17-3-. The first kappa shape index (κ1) is 14.8. The maximum Gasteiger partial charge on any atom is 0.162 e. The Morgan fingerprint density at radius 1 is 1.40 bits per heavy atom. The van der Waals surface area contributed by atoms with E-state index in [0.29, 0.717) is 11.0 Å². The first-order chi connectivity index (χ1) is 9.71. The molecule has 0 aliphatic carbocycles. The molecule has 0 amide bonds. The average molecular weight is 355 g/mol. The van der Waals surface area contributed by atoms with E-state index in [1.165, 1.54) is 5.01 Å². The smallest absolute Gasteiger partial charge is 0.162 e. The van der Waals surface area contributed by atoms with Gasteiger partial charge in [-0.1, -0.05) is 39.7 Å². The van der Waals surface area contributed by atoms with Gasteiger partial charge in [0.2, 0.25) is 0 Å². The molecular weight excluding hydrogens is 342 g/mol. The third-order valence-corrected chi connectivity index (χ3v) is 3.30. The number of methoxy groups -OCH3 is 1. The number of rotatable bonds is 3. The molecule has 104 valence electrons. The van der Waals surface area contributed by atoms with E-state index in [1.54, 1.807) is 24.4 Å². The fourth-order valence-corrected chi connectivity index (χ4v) is 2.31. The van der Waals surface area contributed by atoms with Gasteiger partial charge in [0.25, 0.3) is 0 Å². The Hall–Kier alpha value is -1.59. The molecule has 1 aliphatic heterocycles. The fraction of sp³-hybridized carbons (Fsp3) is 0.143. The fourth-order valence-electron chi connectivity index (χ4n) is 1.78. The highest BCUT2D eigenvalue weighted by atomic mass is 79.9. The number of hydrogen-bond acceptors (Lipinski definition) is 4. The van der Waals surface area contributed by atoms with Crippen molar-refractivity contribution in [3.8, 4) is 5.75 Å². The minimum atomic E-state index is 0.463. The van der Waals surface area contributed by atoms with Crippen LogP contribution in [-0.4, -0.2) is 24.0 Å². The van der Waals surface area contributed by atoms with Crippen molar-refractivity contribution in [1.29, 1.82) is 0 Å². The molecule has 0 N–H and O–H groups in total. The molecule has 6 heteroatoms. The molecule has 0 radical (unpaired) electrons. The predicted octanol–water partition coefficient (Wildman–Crippen LogP) is 4.08. The molecule has 0 saturated carbocycles. The molecule has 0 fully saturated rings. The molecule has 0 aromatic heterocycles. The van der Waals surface area contributed by atoms with Crippen LogP contribution in [-0.2, 0) is 0 Å². The maximum absolute atomic E-state index is 6.27. The largest absolute Gasteiger partial charge is 0.496 e. The number of hydrogen-bond donors (Lipinski definition) is 0. The van der Waals surface area contributed by atoms with Gasteiger partial charge < -0.3 is 4.74 Å². The number of aliphatic imine (C=N–C) groups is 1. The normalized spacial score (nSPS) is 17.4. The number of nitrogens with zero attached hydrogens (tertiary/aromatic N) is 3. The lowest BCUT2D eigenvalue weighted by Gasteiger charge is -2.22. The van der Waals surface area contributed by atoms with Crippen LogP contribution >= 0.6 is 27.5 Å². The van der Waals surface area contributed by atoms with Gasteiger partial charge in [-0.25, -0.2) is 10.0 Å². The van der Waals surface area contributed by atoms with Gasteiger partial charge in [-0.3, -0.25) is 0 Å². The van der Waals surface area contributed by atoms with Crippen LogP contribution < -0.4 is 4.74 Å². The van der Waals surface area contributed by atoms with Crippen LogP contribution in [0.25, 0.3) is 0 Å². The molecule has 0 atom stereocenters. The van der Waals surface area contributed by atoms with E-state index < -0.39 is 0 Å². The van der Waals surface area contributed by atoms with Crippen molar-refractivity contribution in [3.05, 3.63) is 51.9 Å². The highest BCUT2D eigenvalue weighted by Gasteiger charge is 2.20. The van der Waals surface area contributed by atoms with Crippen LogP contribution in [0.5, 0.6) is 5.75 Å². The Kier molecular flexibility index (Phi) is 4.98. The summed E-state index contributed by atoms with van der Waals surface area (Å²) < 4.78 is 5.35. The maximum atomic E-state index is 6.27. The van der Waals surface area contributed by atoms with Crippen LogP contribution in [0.3, 0.4) is 0 Å². The Labute approximate surface area is 131 Å². The summed E-state index contributed by atoms with van der Waals surface area (Å²) in [7, 11) is 1.63.